The standard InChI is InChI=1S/C9H19NO2P/c1-3-5-8(6-4-2)9-7-10-13(9,11)12/h9H,3-7H2,1-2H3,(H2,10,11,12)/t9-/m1/s1. The van der Waals surface area contributed by atoms with E-state index >= 15 is 0 Å². The summed E-state index contributed by atoms with van der Waals surface area (Å²) in [7, 11) is -2.98. The fraction of sp³-hybridized carbons (Fsp3) is 0.889. The maximum atomic E-state index is 11.4. The van der Waals surface area contributed by atoms with Crippen LogP contribution >= 0.6 is 7.52 Å². The summed E-state index contributed by atoms with van der Waals surface area (Å²) in [5, 5.41) is 2.62. The first-order valence-corrected chi connectivity index (χ1v) is 6.76. The normalized spacial score (nSPS) is 33.4. The maximum Gasteiger partial charge on any atom is 0.272 e. The predicted molar refractivity (Wildman–Crippen MR) is 54.7 cm³/mol. The van der Waals surface area contributed by atoms with Crippen molar-refractivity contribution in [3.63, 3.8) is 0 Å². The molecule has 2 N–H and O–H groups in total. The van der Waals surface area contributed by atoms with Gasteiger partial charge in [-0.2, -0.15) is 0 Å². The second-order valence-corrected chi connectivity index (χ2v) is 5.84. The van der Waals surface area contributed by atoms with Gasteiger partial charge in [0.2, 0.25) is 0 Å². The number of hydrogen-bond donors (Lipinski definition) is 2. The first-order valence-electron chi connectivity index (χ1n) is 5.04. The fourth-order valence-electron chi connectivity index (χ4n) is 1.83. The molecule has 1 rings (SSSR count). The zero-order valence-corrected chi connectivity index (χ0v) is 9.31. The Hall–Kier alpha value is 0.150. The largest absolute Gasteiger partial charge is 0.333 e. The van der Waals surface area contributed by atoms with Crippen molar-refractivity contribution in [3.05, 3.63) is 5.92 Å². The molecule has 0 bridgehead atoms. The van der Waals surface area contributed by atoms with Crippen LogP contribution in [0.15, 0.2) is 0 Å². The third kappa shape index (κ3) is 2.55. The van der Waals surface area contributed by atoms with Gasteiger partial charge in [-0.1, -0.05) is 26.7 Å². The van der Waals surface area contributed by atoms with Crippen LogP contribution in [0.25, 0.3) is 0 Å². The van der Waals surface area contributed by atoms with Crippen molar-refractivity contribution < 1.29 is 9.46 Å². The Bertz CT molecular complexity index is 202. The number of hydrogen-bond acceptors (Lipinski definition) is 1. The van der Waals surface area contributed by atoms with Crippen molar-refractivity contribution in [2.75, 3.05) is 6.54 Å². The van der Waals surface area contributed by atoms with Crippen LogP contribution in [-0.4, -0.2) is 17.1 Å². The van der Waals surface area contributed by atoms with Crippen LogP contribution < -0.4 is 5.09 Å². The molecule has 3 nitrogen and oxygen atoms in total. The summed E-state index contributed by atoms with van der Waals surface area (Å²) in [5.41, 5.74) is -0.0487. The Kier molecular flexibility index (Phi) is 3.96. The van der Waals surface area contributed by atoms with E-state index in [0.29, 0.717) is 6.54 Å². The van der Waals surface area contributed by atoms with E-state index in [9.17, 15) is 9.46 Å². The molecule has 0 aliphatic carbocycles. The molecule has 13 heavy (non-hydrogen) atoms. The Morgan fingerprint density at radius 1 is 1.46 bits per heavy atom. The van der Waals surface area contributed by atoms with Gasteiger partial charge in [0.1, 0.15) is 0 Å². The minimum Gasteiger partial charge on any atom is -0.333 e. The van der Waals surface area contributed by atoms with Crippen LogP contribution in [0, 0.1) is 5.92 Å². The Morgan fingerprint density at radius 3 is 2.23 bits per heavy atom. The lowest BCUT2D eigenvalue weighted by Gasteiger charge is -2.38. The number of nitrogens with one attached hydrogen (secondary N) is 1. The van der Waals surface area contributed by atoms with E-state index in [0.717, 1.165) is 25.7 Å². The average Bonchev–Trinajstić information content (AvgIpc) is 2.04. The monoisotopic (exact) mass is 204 g/mol. The van der Waals surface area contributed by atoms with Crippen molar-refractivity contribution in [1.82, 2.24) is 5.09 Å². The minimum absolute atomic E-state index is 0.0487. The molecule has 1 saturated heterocycles. The second kappa shape index (κ2) is 4.59. The lowest BCUT2D eigenvalue weighted by atomic mass is 9.94. The van der Waals surface area contributed by atoms with E-state index in [2.05, 4.69) is 18.9 Å². The summed E-state index contributed by atoms with van der Waals surface area (Å²) < 4.78 is 11.4. The van der Waals surface area contributed by atoms with Gasteiger partial charge in [0.05, 0.1) is 5.66 Å². The molecule has 2 atom stereocenters. The third-order valence-corrected chi connectivity index (χ3v) is 4.58. The van der Waals surface area contributed by atoms with Crippen LogP contribution in [0.4, 0.5) is 0 Å². The second-order valence-electron chi connectivity index (χ2n) is 3.66. The molecular formula is C9H19NO2P. The molecule has 0 amide bonds. The first kappa shape index (κ1) is 11.2. The highest BCUT2D eigenvalue weighted by molar-refractivity contribution is 7.58. The fourth-order valence-corrected chi connectivity index (χ4v) is 3.26. The Labute approximate surface area is 80.4 Å². The van der Waals surface area contributed by atoms with E-state index in [4.69, 9.17) is 0 Å². The maximum absolute atomic E-state index is 11.4. The molecule has 0 spiro atoms. The highest BCUT2D eigenvalue weighted by Gasteiger charge is 2.44. The highest BCUT2D eigenvalue weighted by Crippen LogP contribution is 2.54. The lowest BCUT2D eigenvalue weighted by Crippen LogP contribution is -2.44. The van der Waals surface area contributed by atoms with Crippen molar-refractivity contribution in [1.29, 1.82) is 0 Å². The van der Waals surface area contributed by atoms with Crippen LogP contribution in [0.2, 0.25) is 0 Å². The Balaban J connectivity index is 2.49. The number of rotatable bonds is 5. The topological polar surface area (TPSA) is 49.3 Å². The van der Waals surface area contributed by atoms with E-state index in [-0.39, 0.29) is 5.66 Å². The molecule has 0 saturated carbocycles. The average molecular weight is 204 g/mol. The van der Waals surface area contributed by atoms with Crippen LogP contribution in [0.5, 0.6) is 0 Å². The van der Waals surface area contributed by atoms with E-state index in [1.807, 2.05) is 0 Å². The quantitative estimate of drug-likeness (QED) is 0.675. The van der Waals surface area contributed by atoms with Gasteiger partial charge < -0.3 is 4.89 Å². The Morgan fingerprint density at radius 2 is 2.00 bits per heavy atom. The molecule has 0 aromatic heterocycles. The summed E-state index contributed by atoms with van der Waals surface area (Å²) in [6.45, 7) is 4.93. The summed E-state index contributed by atoms with van der Waals surface area (Å²) in [6, 6.07) is 0. The molecule has 4 heteroatoms. The zero-order chi connectivity index (χ0) is 9.90. The van der Waals surface area contributed by atoms with E-state index in [1.54, 1.807) is 0 Å². The molecule has 1 radical (unpaired) electrons. The SMILES string of the molecule is CCC[C](CCC)[C@H]1CN[P@@]1(=O)O. The van der Waals surface area contributed by atoms with Crippen molar-refractivity contribution in [2.24, 2.45) is 0 Å². The predicted octanol–water partition coefficient (Wildman–Crippen LogP) is 2.32. The minimum atomic E-state index is -2.98. The molecule has 1 aliphatic heterocycles. The van der Waals surface area contributed by atoms with Gasteiger partial charge in [0.15, 0.2) is 0 Å². The highest BCUT2D eigenvalue weighted by atomic mass is 31.2. The molecule has 0 unspecified atom stereocenters. The van der Waals surface area contributed by atoms with Gasteiger partial charge in [-0.3, -0.25) is 4.57 Å². The van der Waals surface area contributed by atoms with E-state index < -0.39 is 7.52 Å². The molecule has 0 aromatic carbocycles. The van der Waals surface area contributed by atoms with Gasteiger partial charge in [-0.05, 0) is 18.8 Å². The molecule has 77 valence electrons. The summed E-state index contributed by atoms with van der Waals surface area (Å²) in [5.74, 6) is 1.29. The van der Waals surface area contributed by atoms with Crippen molar-refractivity contribution in [3.8, 4) is 0 Å². The van der Waals surface area contributed by atoms with Gasteiger partial charge in [0, 0.05) is 6.54 Å². The molecule has 1 aliphatic rings. The van der Waals surface area contributed by atoms with E-state index in [1.165, 1.54) is 5.92 Å². The smallest absolute Gasteiger partial charge is 0.272 e. The lowest BCUT2D eigenvalue weighted by molar-refractivity contribution is 0.408. The molecule has 1 heterocycles. The first-order chi connectivity index (χ1) is 6.11. The van der Waals surface area contributed by atoms with Crippen LogP contribution in [-0.2, 0) is 4.57 Å². The van der Waals surface area contributed by atoms with Gasteiger partial charge in [-0.25, -0.2) is 5.09 Å². The van der Waals surface area contributed by atoms with Gasteiger partial charge >= 0.3 is 0 Å². The molecule has 0 aromatic rings. The van der Waals surface area contributed by atoms with Crippen LogP contribution in [0.1, 0.15) is 39.5 Å². The summed E-state index contributed by atoms with van der Waals surface area (Å²) in [4.78, 5) is 9.42. The van der Waals surface area contributed by atoms with Crippen molar-refractivity contribution in [2.45, 2.75) is 45.2 Å². The zero-order valence-electron chi connectivity index (χ0n) is 8.42. The van der Waals surface area contributed by atoms with Crippen molar-refractivity contribution >= 4 is 7.52 Å². The van der Waals surface area contributed by atoms with Gasteiger partial charge in [0.25, 0.3) is 7.52 Å². The molecular weight excluding hydrogens is 185 g/mol. The van der Waals surface area contributed by atoms with Crippen LogP contribution in [0.3, 0.4) is 0 Å². The van der Waals surface area contributed by atoms with Gasteiger partial charge in [-0.15, -0.1) is 0 Å². The summed E-state index contributed by atoms with van der Waals surface area (Å²) in [6.07, 6.45) is 4.16. The summed E-state index contributed by atoms with van der Waals surface area (Å²) >= 11 is 0. The third-order valence-electron chi connectivity index (χ3n) is 2.55. The molecule has 1 fully saturated rings.